The third-order valence-electron chi connectivity index (χ3n) is 5.41. The standard InChI is InChI=1S/C22H28N2O7S/c1-28-17-7-9-18(10-8-17)32(26,27)24-11-5-6-16(24)14-23-22(25)15-12-19(29-2)21(31-4)20(13-15)30-3/h7-10,12-13,16H,5-6,11,14H2,1-4H3,(H,23,25)/t16-/m1/s1. The highest BCUT2D eigenvalue weighted by atomic mass is 32.2. The molecule has 0 radical (unpaired) electrons. The lowest BCUT2D eigenvalue weighted by Gasteiger charge is -2.24. The third-order valence-corrected chi connectivity index (χ3v) is 7.38. The maximum atomic E-state index is 13.1. The van der Waals surface area contributed by atoms with Crippen LogP contribution >= 0.6 is 0 Å². The van der Waals surface area contributed by atoms with Crippen LogP contribution in [0, 0.1) is 0 Å². The number of sulfonamides is 1. The molecule has 2 aromatic rings. The van der Waals surface area contributed by atoms with Crippen molar-refractivity contribution >= 4 is 15.9 Å². The minimum Gasteiger partial charge on any atom is -0.497 e. The van der Waals surface area contributed by atoms with E-state index in [1.165, 1.54) is 44.9 Å². The van der Waals surface area contributed by atoms with Crippen LogP contribution in [-0.2, 0) is 10.0 Å². The Kier molecular flexibility index (Phi) is 7.47. The number of carbonyl (C=O) groups excluding carboxylic acids is 1. The Labute approximate surface area is 188 Å². The van der Waals surface area contributed by atoms with E-state index >= 15 is 0 Å². The number of methoxy groups -OCH3 is 4. The predicted molar refractivity (Wildman–Crippen MR) is 118 cm³/mol. The third kappa shape index (κ3) is 4.76. The zero-order valence-electron chi connectivity index (χ0n) is 18.6. The van der Waals surface area contributed by atoms with E-state index in [0.29, 0.717) is 41.5 Å². The molecular formula is C22H28N2O7S. The number of hydrogen-bond donors (Lipinski definition) is 1. The fourth-order valence-corrected chi connectivity index (χ4v) is 5.43. The summed E-state index contributed by atoms with van der Waals surface area (Å²) in [5.74, 6) is 1.33. The van der Waals surface area contributed by atoms with Gasteiger partial charge >= 0.3 is 0 Å². The van der Waals surface area contributed by atoms with Crippen LogP contribution in [0.15, 0.2) is 41.3 Å². The van der Waals surface area contributed by atoms with Gasteiger partial charge in [-0.25, -0.2) is 8.42 Å². The van der Waals surface area contributed by atoms with Gasteiger partial charge in [0, 0.05) is 24.7 Å². The van der Waals surface area contributed by atoms with Crippen molar-refractivity contribution in [3.63, 3.8) is 0 Å². The van der Waals surface area contributed by atoms with Gasteiger partial charge in [-0.2, -0.15) is 4.31 Å². The van der Waals surface area contributed by atoms with Crippen LogP contribution in [0.1, 0.15) is 23.2 Å². The van der Waals surface area contributed by atoms with Crippen LogP contribution in [0.2, 0.25) is 0 Å². The highest BCUT2D eigenvalue weighted by molar-refractivity contribution is 7.89. The van der Waals surface area contributed by atoms with Crippen LogP contribution in [0.25, 0.3) is 0 Å². The average Bonchev–Trinajstić information content (AvgIpc) is 3.31. The van der Waals surface area contributed by atoms with Gasteiger partial charge in [-0.3, -0.25) is 4.79 Å². The molecule has 1 saturated heterocycles. The number of carbonyl (C=O) groups is 1. The van der Waals surface area contributed by atoms with Crippen LogP contribution in [0.5, 0.6) is 23.0 Å². The molecule has 1 amide bonds. The predicted octanol–water partition coefficient (Wildman–Crippen LogP) is 2.30. The van der Waals surface area contributed by atoms with E-state index in [1.54, 1.807) is 24.3 Å². The second-order valence-electron chi connectivity index (χ2n) is 7.21. The Morgan fingerprint density at radius 3 is 2.16 bits per heavy atom. The van der Waals surface area contributed by atoms with Crippen LogP contribution < -0.4 is 24.3 Å². The number of rotatable bonds is 9. The SMILES string of the molecule is COc1ccc(S(=O)(=O)N2CCC[C@@H]2CNC(=O)c2cc(OC)c(OC)c(OC)c2)cc1. The molecule has 1 aliphatic heterocycles. The highest BCUT2D eigenvalue weighted by Crippen LogP contribution is 2.38. The Morgan fingerprint density at radius 1 is 1.00 bits per heavy atom. The lowest BCUT2D eigenvalue weighted by atomic mass is 10.1. The molecule has 10 heteroatoms. The zero-order valence-corrected chi connectivity index (χ0v) is 19.4. The van der Waals surface area contributed by atoms with Crippen molar-refractivity contribution in [1.82, 2.24) is 9.62 Å². The van der Waals surface area contributed by atoms with E-state index in [1.807, 2.05) is 0 Å². The summed E-state index contributed by atoms with van der Waals surface area (Å²) in [6, 6.07) is 9.05. The normalized spacial score (nSPS) is 16.4. The first-order valence-electron chi connectivity index (χ1n) is 10.1. The van der Waals surface area contributed by atoms with Gasteiger partial charge in [0.1, 0.15) is 5.75 Å². The lowest BCUT2D eigenvalue weighted by molar-refractivity contribution is 0.0945. The molecule has 0 unspecified atom stereocenters. The van der Waals surface area contributed by atoms with Gasteiger partial charge in [0.15, 0.2) is 11.5 Å². The number of nitrogens with one attached hydrogen (secondary N) is 1. The molecule has 1 atom stereocenters. The molecule has 32 heavy (non-hydrogen) atoms. The Hall–Kier alpha value is -2.98. The van der Waals surface area contributed by atoms with Crippen molar-refractivity contribution in [1.29, 1.82) is 0 Å². The molecule has 0 bridgehead atoms. The molecule has 0 spiro atoms. The van der Waals surface area contributed by atoms with E-state index < -0.39 is 10.0 Å². The molecule has 0 saturated carbocycles. The quantitative estimate of drug-likeness (QED) is 0.607. The Balaban J connectivity index is 1.74. The summed E-state index contributed by atoms with van der Waals surface area (Å²) in [6.07, 6.45) is 1.38. The average molecular weight is 465 g/mol. The van der Waals surface area contributed by atoms with E-state index in [9.17, 15) is 13.2 Å². The second kappa shape index (κ2) is 10.1. The minimum absolute atomic E-state index is 0.185. The summed E-state index contributed by atoms with van der Waals surface area (Å²) in [7, 11) is 2.27. The fourth-order valence-electron chi connectivity index (χ4n) is 3.74. The number of nitrogens with zero attached hydrogens (tertiary/aromatic N) is 1. The van der Waals surface area contributed by atoms with Crippen LogP contribution in [-0.4, -0.2) is 66.2 Å². The summed E-state index contributed by atoms with van der Waals surface area (Å²) >= 11 is 0. The highest BCUT2D eigenvalue weighted by Gasteiger charge is 2.35. The number of ether oxygens (including phenoxy) is 4. The number of amides is 1. The molecule has 1 aliphatic rings. The molecule has 3 rings (SSSR count). The molecule has 0 aliphatic carbocycles. The van der Waals surface area contributed by atoms with Crippen molar-refractivity contribution in [2.75, 3.05) is 41.5 Å². The van der Waals surface area contributed by atoms with Gasteiger partial charge in [0.2, 0.25) is 15.8 Å². The molecule has 2 aromatic carbocycles. The summed E-state index contributed by atoms with van der Waals surface area (Å²) in [5, 5.41) is 2.84. The van der Waals surface area contributed by atoms with Gasteiger partial charge < -0.3 is 24.3 Å². The monoisotopic (exact) mass is 464 g/mol. The Bertz CT molecular complexity index is 1030. The van der Waals surface area contributed by atoms with Gasteiger partial charge in [-0.1, -0.05) is 0 Å². The fraction of sp³-hybridized carbons (Fsp3) is 0.409. The first-order valence-corrected chi connectivity index (χ1v) is 11.5. The van der Waals surface area contributed by atoms with E-state index in [-0.39, 0.29) is 23.4 Å². The largest absolute Gasteiger partial charge is 0.497 e. The van der Waals surface area contributed by atoms with E-state index in [2.05, 4.69) is 5.32 Å². The van der Waals surface area contributed by atoms with Crippen LogP contribution in [0.3, 0.4) is 0 Å². The summed E-state index contributed by atoms with van der Waals surface area (Å²) in [4.78, 5) is 13.0. The van der Waals surface area contributed by atoms with Crippen molar-refractivity contribution in [2.24, 2.45) is 0 Å². The van der Waals surface area contributed by atoms with Gasteiger partial charge in [0.05, 0.1) is 33.3 Å². The van der Waals surface area contributed by atoms with Crippen molar-refractivity contribution < 1.29 is 32.2 Å². The van der Waals surface area contributed by atoms with Crippen molar-refractivity contribution in [3.05, 3.63) is 42.0 Å². The van der Waals surface area contributed by atoms with Crippen LogP contribution in [0.4, 0.5) is 0 Å². The first kappa shape index (κ1) is 23.7. The minimum atomic E-state index is -3.69. The van der Waals surface area contributed by atoms with Gasteiger partial charge in [-0.15, -0.1) is 0 Å². The van der Waals surface area contributed by atoms with Gasteiger partial charge in [0.25, 0.3) is 5.91 Å². The second-order valence-corrected chi connectivity index (χ2v) is 9.10. The number of benzene rings is 2. The Morgan fingerprint density at radius 2 is 1.62 bits per heavy atom. The molecule has 174 valence electrons. The van der Waals surface area contributed by atoms with E-state index in [4.69, 9.17) is 18.9 Å². The van der Waals surface area contributed by atoms with E-state index in [0.717, 1.165) is 6.42 Å². The number of hydrogen-bond acceptors (Lipinski definition) is 7. The maximum Gasteiger partial charge on any atom is 0.251 e. The van der Waals surface area contributed by atoms with Gasteiger partial charge in [-0.05, 0) is 49.2 Å². The molecule has 1 N–H and O–H groups in total. The molecule has 1 fully saturated rings. The van der Waals surface area contributed by atoms with Crippen molar-refractivity contribution in [3.8, 4) is 23.0 Å². The molecule has 9 nitrogen and oxygen atoms in total. The summed E-state index contributed by atoms with van der Waals surface area (Å²) in [6.45, 7) is 0.587. The first-order chi connectivity index (χ1) is 15.3. The molecule has 1 heterocycles. The summed E-state index contributed by atoms with van der Waals surface area (Å²) < 4.78 is 48.7. The smallest absolute Gasteiger partial charge is 0.251 e. The van der Waals surface area contributed by atoms with Crippen molar-refractivity contribution in [2.45, 2.75) is 23.8 Å². The molecule has 0 aromatic heterocycles. The maximum absolute atomic E-state index is 13.1. The zero-order chi connectivity index (χ0) is 23.3. The lowest BCUT2D eigenvalue weighted by Crippen LogP contribution is -2.43. The molecular weight excluding hydrogens is 436 g/mol. The topological polar surface area (TPSA) is 103 Å². The summed E-state index contributed by atoms with van der Waals surface area (Å²) in [5.41, 5.74) is 0.321.